The first kappa shape index (κ1) is 8.66. The molecule has 1 aliphatic heterocycles. The van der Waals surface area contributed by atoms with Crippen molar-refractivity contribution in [3.8, 4) is 0 Å². The van der Waals surface area contributed by atoms with Crippen LogP contribution in [0, 0.1) is 0 Å². The first-order chi connectivity index (χ1) is 6.45. The van der Waals surface area contributed by atoms with Gasteiger partial charge in [-0.3, -0.25) is 9.88 Å². The van der Waals surface area contributed by atoms with E-state index in [4.69, 9.17) is 4.74 Å². The third kappa shape index (κ3) is 2.50. The van der Waals surface area contributed by atoms with Crippen LogP contribution in [0.3, 0.4) is 0 Å². The molecule has 0 spiro atoms. The molecule has 70 valence electrons. The third-order valence-corrected chi connectivity index (χ3v) is 2.23. The Morgan fingerprint density at radius 3 is 2.92 bits per heavy atom. The first-order valence-electron chi connectivity index (χ1n) is 4.64. The Balaban J connectivity index is 1.90. The molecule has 1 saturated heterocycles. The molecule has 0 bridgehead atoms. The van der Waals surface area contributed by atoms with Crippen molar-refractivity contribution in [2.24, 2.45) is 0 Å². The number of nitrogens with zero attached hydrogens (tertiary/aromatic N) is 2. The lowest BCUT2D eigenvalue weighted by atomic mass is 10.2. The Bertz CT molecular complexity index is 244. The number of hydrogen-bond donors (Lipinski definition) is 0. The Labute approximate surface area is 78.3 Å². The topological polar surface area (TPSA) is 25.4 Å². The summed E-state index contributed by atoms with van der Waals surface area (Å²) >= 11 is 0. The predicted octanol–water partition coefficient (Wildman–Crippen LogP) is 0.914. The summed E-state index contributed by atoms with van der Waals surface area (Å²) in [4.78, 5) is 6.48. The van der Waals surface area contributed by atoms with Gasteiger partial charge in [0.1, 0.15) is 0 Å². The normalized spacial score (nSPS) is 18.8. The molecule has 0 aliphatic carbocycles. The SMILES string of the molecule is c1cncc(CN2CCOCC2)c1. The fourth-order valence-electron chi connectivity index (χ4n) is 1.51. The largest absolute Gasteiger partial charge is 0.379 e. The molecule has 0 radical (unpaired) electrons. The standard InChI is InChI=1S/C10H14N2O/c1-2-10(8-11-3-1)9-12-4-6-13-7-5-12/h1-3,8H,4-7,9H2. The quantitative estimate of drug-likeness (QED) is 0.673. The summed E-state index contributed by atoms with van der Waals surface area (Å²) in [6, 6.07) is 4.10. The number of hydrogen-bond acceptors (Lipinski definition) is 3. The maximum atomic E-state index is 5.28. The van der Waals surface area contributed by atoms with Gasteiger partial charge < -0.3 is 4.74 Å². The second-order valence-electron chi connectivity index (χ2n) is 3.25. The molecule has 3 heteroatoms. The van der Waals surface area contributed by atoms with E-state index >= 15 is 0 Å². The number of rotatable bonds is 2. The van der Waals surface area contributed by atoms with E-state index in [1.54, 1.807) is 0 Å². The third-order valence-electron chi connectivity index (χ3n) is 2.23. The fraction of sp³-hybridized carbons (Fsp3) is 0.500. The highest BCUT2D eigenvalue weighted by molar-refractivity contribution is 5.08. The molecule has 2 rings (SSSR count). The van der Waals surface area contributed by atoms with E-state index in [-0.39, 0.29) is 0 Å². The van der Waals surface area contributed by atoms with Crippen molar-refractivity contribution in [3.05, 3.63) is 30.1 Å². The van der Waals surface area contributed by atoms with E-state index in [0.717, 1.165) is 32.8 Å². The van der Waals surface area contributed by atoms with Crippen LogP contribution in [0.4, 0.5) is 0 Å². The zero-order valence-corrected chi connectivity index (χ0v) is 7.65. The van der Waals surface area contributed by atoms with Gasteiger partial charge in [0, 0.05) is 32.0 Å². The average molecular weight is 178 g/mol. The van der Waals surface area contributed by atoms with Crippen molar-refractivity contribution >= 4 is 0 Å². The van der Waals surface area contributed by atoms with Crippen LogP contribution in [0.15, 0.2) is 24.5 Å². The Hall–Kier alpha value is -0.930. The number of aromatic nitrogens is 1. The molecular weight excluding hydrogens is 164 g/mol. The van der Waals surface area contributed by atoms with Crippen molar-refractivity contribution < 1.29 is 4.74 Å². The smallest absolute Gasteiger partial charge is 0.0594 e. The number of morpholine rings is 1. The monoisotopic (exact) mass is 178 g/mol. The van der Waals surface area contributed by atoms with Crippen LogP contribution in [0.5, 0.6) is 0 Å². The van der Waals surface area contributed by atoms with E-state index in [9.17, 15) is 0 Å². The molecule has 0 unspecified atom stereocenters. The van der Waals surface area contributed by atoms with Gasteiger partial charge in [0.05, 0.1) is 13.2 Å². The van der Waals surface area contributed by atoms with Gasteiger partial charge in [-0.25, -0.2) is 0 Å². The molecule has 0 atom stereocenters. The molecule has 3 nitrogen and oxygen atoms in total. The average Bonchev–Trinajstić information content (AvgIpc) is 2.21. The number of pyridine rings is 1. The summed E-state index contributed by atoms with van der Waals surface area (Å²) in [5.74, 6) is 0. The van der Waals surface area contributed by atoms with Gasteiger partial charge in [0.25, 0.3) is 0 Å². The summed E-state index contributed by atoms with van der Waals surface area (Å²) < 4.78 is 5.28. The van der Waals surface area contributed by atoms with Gasteiger partial charge in [-0.2, -0.15) is 0 Å². The predicted molar refractivity (Wildman–Crippen MR) is 50.3 cm³/mol. The maximum absolute atomic E-state index is 5.28. The zero-order valence-electron chi connectivity index (χ0n) is 7.65. The van der Waals surface area contributed by atoms with Crippen molar-refractivity contribution in [1.82, 2.24) is 9.88 Å². The van der Waals surface area contributed by atoms with Crippen molar-refractivity contribution in [2.75, 3.05) is 26.3 Å². The minimum atomic E-state index is 0.861. The molecule has 0 N–H and O–H groups in total. The molecule has 2 heterocycles. The molecule has 0 saturated carbocycles. The second-order valence-corrected chi connectivity index (χ2v) is 3.25. The van der Waals surface area contributed by atoms with Crippen LogP contribution in [-0.2, 0) is 11.3 Å². The van der Waals surface area contributed by atoms with Crippen LogP contribution >= 0.6 is 0 Å². The Morgan fingerprint density at radius 2 is 2.23 bits per heavy atom. The minimum absolute atomic E-state index is 0.861. The highest BCUT2D eigenvalue weighted by Gasteiger charge is 2.09. The van der Waals surface area contributed by atoms with Crippen molar-refractivity contribution in [2.45, 2.75) is 6.54 Å². The molecular formula is C10H14N2O. The molecule has 1 fully saturated rings. The van der Waals surface area contributed by atoms with Gasteiger partial charge in [-0.05, 0) is 11.6 Å². The minimum Gasteiger partial charge on any atom is -0.379 e. The van der Waals surface area contributed by atoms with E-state index in [1.807, 2.05) is 18.5 Å². The van der Waals surface area contributed by atoms with Gasteiger partial charge in [-0.15, -0.1) is 0 Å². The molecule has 0 aromatic carbocycles. The first-order valence-corrected chi connectivity index (χ1v) is 4.64. The van der Waals surface area contributed by atoms with Crippen LogP contribution in [0.2, 0.25) is 0 Å². The molecule has 1 aliphatic rings. The lowest BCUT2D eigenvalue weighted by Crippen LogP contribution is -2.35. The van der Waals surface area contributed by atoms with E-state index in [1.165, 1.54) is 5.56 Å². The summed E-state index contributed by atoms with van der Waals surface area (Å²) in [5.41, 5.74) is 1.28. The van der Waals surface area contributed by atoms with Crippen LogP contribution < -0.4 is 0 Å². The highest BCUT2D eigenvalue weighted by Crippen LogP contribution is 2.04. The van der Waals surface area contributed by atoms with E-state index < -0.39 is 0 Å². The van der Waals surface area contributed by atoms with Gasteiger partial charge in [0.15, 0.2) is 0 Å². The van der Waals surface area contributed by atoms with E-state index in [0.29, 0.717) is 0 Å². The lowest BCUT2D eigenvalue weighted by molar-refractivity contribution is 0.0341. The number of ether oxygens (including phenoxy) is 1. The summed E-state index contributed by atoms with van der Waals surface area (Å²) in [7, 11) is 0. The Morgan fingerprint density at radius 1 is 1.38 bits per heavy atom. The molecule has 1 aromatic heterocycles. The maximum Gasteiger partial charge on any atom is 0.0594 e. The lowest BCUT2D eigenvalue weighted by Gasteiger charge is -2.26. The van der Waals surface area contributed by atoms with E-state index in [2.05, 4.69) is 16.0 Å². The van der Waals surface area contributed by atoms with Crippen LogP contribution in [0.1, 0.15) is 5.56 Å². The molecule has 0 amide bonds. The van der Waals surface area contributed by atoms with Gasteiger partial charge in [0.2, 0.25) is 0 Å². The second kappa shape index (κ2) is 4.35. The summed E-state index contributed by atoms with van der Waals surface area (Å²) in [5, 5.41) is 0. The highest BCUT2D eigenvalue weighted by atomic mass is 16.5. The van der Waals surface area contributed by atoms with Gasteiger partial charge >= 0.3 is 0 Å². The van der Waals surface area contributed by atoms with Gasteiger partial charge in [-0.1, -0.05) is 6.07 Å². The zero-order chi connectivity index (χ0) is 8.93. The van der Waals surface area contributed by atoms with Crippen LogP contribution in [-0.4, -0.2) is 36.2 Å². The Kier molecular flexibility index (Phi) is 2.90. The summed E-state index contributed by atoms with van der Waals surface area (Å²) in [6.45, 7) is 4.79. The fourth-order valence-corrected chi connectivity index (χ4v) is 1.51. The summed E-state index contributed by atoms with van der Waals surface area (Å²) in [6.07, 6.45) is 3.73. The van der Waals surface area contributed by atoms with Crippen LogP contribution in [0.25, 0.3) is 0 Å². The molecule has 1 aromatic rings. The van der Waals surface area contributed by atoms with Crippen molar-refractivity contribution in [1.29, 1.82) is 0 Å². The molecule has 13 heavy (non-hydrogen) atoms. The van der Waals surface area contributed by atoms with Crippen molar-refractivity contribution in [3.63, 3.8) is 0 Å².